The molecule has 118 valence electrons. The minimum absolute atomic E-state index is 0.410. The fourth-order valence-corrected chi connectivity index (χ4v) is 3.23. The van der Waals surface area contributed by atoms with E-state index in [1.165, 1.54) is 23.9 Å². The molecule has 0 aliphatic carbocycles. The van der Waals surface area contributed by atoms with E-state index in [-0.39, 0.29) is 0 Å². The van der Waals surface area contributed by atoms with Crippen LogP contribution in [0.15, 0.2) is 64.5 Å². The molecule has 0 fully saturated rings. The molecule has 0 saturated heterocycles. The van der Waals surface area contributed by atoms with Crippen LogP contribution in [0.4, 0.5) is 13.2 Å². The maximum atomic E-state index is 12.6. The molecular weight excluding hydrogens is 321 g/mol. The van der Waals surface area contributed by atoms with Gasteiger partial charge in [-0.25, -0.2) is 0 Å². The maximum Gasteiger partial charge on any atom is 0.416 e. The van der Waals surface area contributed by atoms with Gasteiger partial charge in [-0.05, 0) is 42.0 Å². The molecule has 0 bridgehead atoms. The molecule has 0 amide bonds. The molecule has 2 nitrogen and oxygen atoms in total. The van der Waals surface area contributed by atoms with E-state index < -0.39 is 11.7 Å². The Morgan fingerprint density at radius 2 is 1.74 bits per heavy atom. The van der Waals surface area contributed by atoms with Crippen molar-refractivity contribution >= 4 is 22.7 Å². The summed E-state index contributed by atoms with van der Waals surface area (Å²) < 4.78 is 37.8. The molecule has 1 aromatic heterocycles. The van der Waals surface area contributed by atoms with Crippen LogP contribution in [-0.2, 0) is 12.7 Å². The Labute approximate surface area is 135 Å². The van der Waals surface area contributed by atoms with Crippen molar-refractivity contribution in [2.75, 3.05) is 0 Å². The summed E-state index contributed by atoms with van der Waals surface area (Å²) >= 11 is 1.38. The van der Waals surface area contributed by atoms with Crippen molar-refractivity contribution in [3.8, 4) is 0 Å². The molecule has 0 atom stereocenters. The minimum atomic E-state index is -4.32. The fourth-order valence-electron chi connectivity index (χ4n) is 2.31. The molecule has 0 unspecified atom stereocenters. The Bertz CT molecular complexity index is 829. The van der Waals surface area contributed by atoms with Gasteiger partial charge in [-0.2, -0.15) is 13.2 Å². The lowest BCUT2D eigenvalue weighted by Crippen LogP contribution is -2.03. The molecule has 6 heteroatoms. The third kappa shape index (κ3) is 3.33. The van der Waals surface area contributed by atoms with Gasteiger partial charge in [-0.3, -0.25) is 4.98 Å². The molecule has 2 aromatic carbocycles. The van der Waals surface area contributed by atoms with Crippen molar-refractivity contribution in [1.82, 2.24) is 4.98 Å². The third-order valence-electron chi connectivity index (χ3n) is 3.45. The van der Waals surface area contributed by atoms with Gasteiger partial charge in [0.15, 0.2) is 0 Å². The number of hydrogen-bond acceptors (Lipinski definition) is 3. The number of rotatable bonds is 3. The number of aromatic nitrogens is 1. The van der Waals surface area contributed by atoms with Crippen molar-refractivity contribution in [2.45, 2.75) is 22.5 Å². The van der Waals surface area contributed by atoms with E-state index in [2.05, 4.69) is 4.98 Å². The zero-order valence-corrected chi connectivity index (χ0v) is 12.8. The highest BCUT2D eigenvalue weighted by Crippen LogP contribution is 2.36. The van der Waals surface area contributed by atoms with Crippen LogP contribution in [0, 0.1) is 0 Å². The van der Waals surface area contributed by atoms with E-state index in [4.69, 9.17) is 5.73 Å². The number of fused-ring (bicyclic) bond motifs is 1. The highest BCUT2D eigenvalue weighted by atomic mass is 32.2. The molecule has 2 N–H and O–H groups in total. The first-order valence-electron chi connectivity index (χ1n) is 6.91. The topological polar surface area (TPSA) is 38.9 Å². The second kappa shape index (κ2) is 6.22. The summed E-state index contributed by atoms with van der Waals surface area (Å²) in [4.78, 5) is 6.00. The summed E-state index contributed by atoms with van der Waals surface area (Å²) in [5.41, 5.74) is 6.88. The molecule has 3 rings (SSSR count). The average Bonchev–Trinajstić information content (AvgIpc) is 2.55. The molecular formula is C17H13F3N2S. The van der Waals surface area contributed by atoms with Crippen LogP contribution < -0.4 is 5.73 Å². The Morgan fingerprint density at radius 1 is 1.00 bits per heavy atom. The summed E-state index contributed by atoms with van der Waals surface area (Å²) in [5, 5.41) is 0.965. The number of nitrogens with two attached hydrogens (primary N) is 1. The van der Waals surface area contributed by atoms with Crippen molar-refractivity contribution in [2.24, 2.45) is 5.73 Å². The fraction of sp³-hybridized carbons (Fsp3) is 0.118. The lowest BCUT2D eigenvalue weighted by Gasteiger charge is -2.10. The first-order valence-corrected chi connectivity index (χ1v) is 7.72. The number of benzene rings is 2. The molecule has 23 heavy (non-hydrogen) atoms. The van der Waals surface area contributed by atoms with Crippen molar-refractivity contribution in [1.29, 1.82) is 0 Å². The van der Waals surface area contributed by atoms with Crippen molar-refractivity contribution in [3.05, 3.63) is 65.9 Å². The van der Waals surface area contributed by atoms with Gasteiger partial charge in [0.1, 0.15) is 0 Å². The van der Waals surface area contributed by atoms with E-state index in [0.717, 1.165) is 38.4 Å². The van der Waals surface area contributed by atoms with Crippen LogP contribution >= 0.6 is 11.8 Å². The lowest BCUT2D eigenvalue weighted by atomic mass is 10.1. The van der Waals surface area contributed by atoms with E-state index in [1.54, 1.807) is 6.20 Å². The zero-order chi connectivity index (χ0) is 16.4. The summed E-state index contributed by atoms with van der Waals surface area (Å²) in [7, 11) is 0. The first kappa shape index (κ1) is 15.8. The minimum Gasteiger partial charge on any atom is -0.326 e. The quantitative estimate of drug-likeness (QED) is 0.743. The van der Waals surface area contributed by atoms with E-state index in [9.17, 15) is 13.2 Å². The smallest absolute Gasteiger partial charge is 0.326 e. The van der Waals surface area contributed by atoms with Gasteiger partial charge in [0, 0.05) is 27.9 Å². The van der Waals surface area contributed by atoms with Gasteiger partial charge < -0.3 is 5.73 Å². The van der Waals surface area contributed by atoms with Crippen molar-refractivity contribution in [3.63, 3.8) is 0 Å². The predicted molar refractivity (Wildman–Crippen MR) is 85.2 cm³/mol. The van der Waals surface area contributed by atoms with E-state index >= 15 is 0 Å². The number of hydrogen-bond donors (Lipinski definition) is 1. The second-order valence-electron chi connectivity index (χ2n) is 4.95. The summed E-state index contributed by atoms with van der Waals surface area (Å²) in [5.74, 6) is 0. The van der Waals surface area contributed by atoms with Crippen LogP contribution in [0.3, 0.4) is 0 Å². The molecule has 3 aromatic rings. The molecule has 0 aliphatic rings. The van der Waals surface area contributed by atoms with Crippen LogP contribution in [-0.4, -0.2) is 4.98 Å². The number of pyridine rings is 1. The summed E-state index contributed by atoms with van der Waals surface area (Å²) in [6, 6.07) is 12.7. The largest absolute Gasteiger partial charge is 0.416 e. The molecule has 0 saturated carbocycles. The van der Waals surface area contributed by atoms with E-state index in [0.29, 0.717) is 6.54 Å². The van der Waals surface area contributed by atoms with Crippen LogP contribution in [0.5, 0.6) is 0 Å². The van der Waals surface area contributed by atoms with Gasteiger partial charge in [-0.15, -0.1) is 0 Å². The second-order valence-corrected chi connectivity index (χ2v) is 6.07. The summed E-state index contributed by atoms with van der Waals surface area (Å²) in [6.07, 6.45) is -2.63. The summed E-state index contributed by atoms with van der Waals surface area (Å²) in [6.45, 7) is 0.410. The SMILES string of the molecule is NCc1ccc(Sc2ccc(C(F)(F)F)cc2)c2ncccc12. The van der Waals surface area contributed by atoms with Gasteiger partial charge in [0.2, 0.25) is 0 Å². The van der Waals surface area contributed by atoms with Gasteiger partial charge in [-0.1, -0.05) is 23.9 Å². The van der Waals surface area contributed by atoms with Crippen LogP contribution in [0.1, 0.15) is 11.1 Å². The average molecular weight is 334 g/mol. The molecule has 0 aliphatic heterocycles. The Hall–Kier alpha value is -2.05. The molecule has 1 heterocycles. The highest BCUT2D eigenvalue weighted by Gasteiger charge is 2.29. The normalized spacial score (nSPS) is 11.8. The van der Waals surface area contributed by atoms with Gasteiger partial charge in [0.05, 0.1) is 11.1 Å². The van der Waals surface area contributed by atoms with E-state index in [1.807, 2.05) is 24.3 Å². The third-order valence-corrected chi connectivity index (χ3v) is 4.51. The predicted octanol–water partition coefficient (Wildman–Crippen LogP) is 4.86. The molecule has 0 spiro atoms. The number of halogens is 3. The highest BCUT2D eigenvalue weighted by molar-refractivity contribution is 7.99. The standard InChI is InChI=1S/C17H13F3N2S/c18-17(19,20)12-4-6-13(7-5-12)23-15-8-3-11(10-21)14-2-1-9-22-16(14)15/h1-9H,10,21H2. The number of nitrogens with zero attached hydrogens (tertiary/aromatic N) is 1. The van der Waals surface area contributed by atoms with Gasteiger partial charge in [0.25, 0.3) is 0 Å². The Kier molecular flexibility index (Phi) is 4.28. The monoisotopic (exact) mass is 334 g/mol. The maximum absolute atomic E-state index is 12.6. The zero-order valence-electron chi connectivity index (χ0n) is 12.0. The Morgan fingerprint density at radius 3 is 2.39 bits per heavy atom. The Balaban J connectivity index is 1.96. The lowest BCUT2D eigenvalue weighted by molar-refractivity contribution is -0.137. The number of alkyl halides is 3. The van der Waals surface area contributed by atoms with Crippen LogP contribution in [0.2, 0.25) is 0 Å². The van der Waals surface area contributed by atoms with Crippen LogP contribution in [0.25, 0.3) is 10.9 Å². The van der Waals surface area contributed by atoms with Gasteiger partial charge >= 0.3 is 6.18 Å². The first-order chi connectivity index (χ1) is 11.0. The van der Waals surface area contributed by atoms with Crippen molar-refractivity contribution < 1.29 is 13.2 Å². The molecule has 0 radical (unpaired) electrons.